The molecule has 144 valence electrons. The Bertz CT molecular complexity index is 983. The van der Waals surface area contributed by atoms with Gasteiger partial charge in [-0.2, -0.15) is 0 Å². The van der Waals surface area contributed by atoms with Gasteiger partial charge in [-0.1, -0.05) is 134 Å². The van der Waals surface area contributed by atoms with Crippen LogP contribution in [0.2, 0.25) is 0 Å². The third kappa shape index (κ3) is 4.21. The summed E-state index contributed by atoms with van der Waals surface area (Å²) in [4.78, 5) is 5.47. The van der Waals surface area contributed by atoms with Crippen LogP contribution in [0.25, 0.3) is 4.86 Å². The quantitative estimate of drug-likeness (QED) is 0.364. The molecule has 4 rings (SSSR count). The molecule has 4 aromatic rings. The first-order chi connectivity index (χ1) is 14.1. The highest BCUT2D eigenvalue weighted by molar-refractivity contribution is 8.34. The van der Waals surface area contributed by atoms with Gasteiger partial charge >= 0.3 is 0 Å². The summed E-state index contributed by atoms with van der Waals surface area (Å²) in [7, 11) is 0. The lowest BCUT2D eigenvalue weighted by Crippen LogP contribution is -2.20. The molecule has 0 saturated carbocycles. The van der Waals surface area contributed by atoms with Crippen molar-refractivity contribution in [3.05, 3.63) is 126 Å². The van der Waals surface area contributed by atoms with Gasteiger partial charge in [0.2, 0.25) is 0 Å². The third-order valence-electron chi connectivity index (χ3n) is 4.68. The van der Waals surface area contributed by atoms with Crippen molar-refractivity contribution in [1.29, 1.82) is 0 Å². The van der Waals surface area contributed by atoms with Crippen molar-refractivity contribution >= 4 is 57.2 Å². The van der Waals surface area contributed by atoms with Crippen molar-refractivity contribution in [1.82, 2.24) is 0 Å². The van der Waals surface area contributed by atoms with Crippen LogP contribution >= 0.6 is 12.4 Å². The van der Waals surface area contributed by atoms with Crippen LogP contribution in [0.4, 0.5) is 0 Å². The maximum atomic E-state index is 6.39. The van der Waals surface area contributed by atoms with Crippen LogP contribution in [0, 0.1) is 0 Å². The molecule has 4 aromatic carbocycles. The van der Waals surface area contributed by atoms with Crippen LogP contribution in [0.1, 0.15) is 0 Å². The van der Waals surface area contributed by atoms with Gasteiger partial charge in [0.15, 0.2) is 0 Å². The van der Waals surface area contributed by atoms with Gasteiger partial charge in [-0.25, -0.2) is 0 Å². The van der Waals surface area contributed by atoms with Crippen LogP contribution in [-0.4, -0.2) is 0 Å². The normalized spacial score (nSPS) is 11.9. The highest BCUT2D eigenvalue weighted by atomic mass is 32.5. The van der Waals surface area contributed by atoms with Gasteiger partial charge in [0.05, 0.1) is 0 Å². The molecular formula is C24H20NP2S2-. The van der Waals surface area contributed by atoms with Crippen molar-refractivity contribution in [2.75, 3.05) is 0 Å². The fraction of sp³-hybridized carbons (Fsp3) is 0. The van der Waals surface area contributed by atoms with Gasteiger partial charge < -0.3 is 4.86 Å². The topological polar surface area (TPSA) is 14.1 Å². The summed E-state index contributed by atoms with van der Waals surface area (Å²) in [5.41, 5.74) is 0. The van der Waals surface area contributed by atoms with Crippen LogP contribution in [-0.2, 0) is 23.6 Å². The van der Waals surface area contributed by atoms with Crippen molar-refractivity contribution in [3.63, 3.8) is 0 Å². The minimum atomic E-state index is -2.47. The van der Waals surface area contributed by atoms with Gasteiger partial charge in [0, 0.05) is 0 Å². The first kappa shape index (κ1) is 20.4. The van der Waals surface area contributed by atoms with E-state index in [1.54, 1.807) is 0 Å². The number of benzene rings is 4. The lowest BCUT2D eigenvalue weighted by Gasteiger charge is -2.47. The summed E-state index contributed by atoms with van der Waals surface area (Å²) in [5, 5.41) is 4.29. The van der Waals surface area contributed by atoms with Crippen LogP contribution in [0.3, 0.4) is 0 Å². The van der Waals surface area contributed by atoms with E-state index in [9.17, 15) is 0 Å². The van der Waals surface area contributed by atoms with Gasteiger partial charge in [-0.05, 0) is 21.2 Å². The molecular weight excluding hydrogens is 428 g/mol. The zero-order chi connectivity index (χ0) is 20.2. The second kappa shape index (κ2) is 8.88. The van der Waals surface area contributed by atoms with Gasteiger partial charge in [-0.3, -0.25) is 0 Å². The van der Waals surface area contributed by atoms with E-state index in [1.807, 2.05) is 72.8 Å². The molecule has 0 aliphatic carbocycles. The molecule has 0 atom stereocenters. The molecule has 0 aromatic heterocycles. The van der Waals surface area contributed by atoms with E-state index < -0.39 is 12.4 Å². The first-order valence-corrected chi connectivity index (χ1v) is 14.8. The average molecular weight is 449 g/mol. The summed E-state index contributed by atoms with van der Waals surface area (Å²) in [6, 6.07) is 41.0. The zero-order valence-electron chi connectivity index (χ0n) is 15.7. The molecule has 0 aliphatic heterocycles. The number of nitrogens with zero attached hydrogens (tertiary/aromatic N) is 1. The van der Waals surface area contributed by atoms with E-state index in [-0.39, 0.29) is 0 Å². The molecule has 0 aliphatic rings. The van der Waals surface area contributed by atoms with E-state index in [2.05, 4.69) is 48.5 Å². The molecule has 0 spiro atoms. The molecule has 1 nitrogen and oxygen atoms in total. The van der Waals surface area contributed by atoms with Crippen molar-refractivity contribution in [3.8, 4) is 0 Å². The molecule has 0 N–H and O–H groups in total. The summed E-state index contributed by atoms with van der Waals surface area (Å²) in [5.74, 6) is 0. The fourth-order valence-electron chi connectivity index (χ4n) is 3.20. The van der Waals surface area contributed by atoms with Gasteiger partial charge in [0.1, 0.15) is 0 Å². The summed E-state index contributed by atoms with van der Waals surface area (Å²) < 4.78 is 0. The van der Waals surface area contributed by atoms with E-state index in [4.69, 9.17) is 28.5 Å². The Kier molecular flexibility index (Phi) is 6.25. The second-order valence-electron chi connectivity index (χ2n) is 6.58. The Balaban J connectivity index is 1.93. The fourth-order valence-corrected chi connectivity index (χ4v) is 13.0. The smallest absolute Gasteiger partial charge is 0.0287 e. The highest BCUT2D eigenvalue weighted by Crippen LogP contribution is 2.67. The Morgan fingerprint density at radius 2 is 0.586 bits per heavy atom. The molecule has 0 bridgehead atoms. The number of rotatable bonds is 6. The molecule has 0 heterocycles. The van der Waals surface area contributed by atoms with E-state index in [1.165, 1.54) is 0 Å². The summed E-state index contributed by atoms with van der Waals surface area (Å²) in [6.07, 6.45) is -4.95. The Hall–Kier alpha value is -1.86. The number of hydrogen-bond donors (Lipinski definition) is 0. The minimum Gasteiger partial charge on any atom is -0.577 e. The van der Waals surface area contributed by atoms with Crippen molar-refractivity contribution < 1.29 is 0 Å². The van der Waals surface area contributed by atoms with Gasteiger partial charge in [-0.15, -0.1) is 23.6 Å². The Morgan fingerprint density at radius 3 is 0.793 bits per heavy atom. The molecule has 0 saturated heterocycles. The minimum absolute atomic E-state index is 1.07. The van der Waals surface area contributed by atoms with Crippen LogP contribution in [0.5, 0.6) is 0 Å². The maximum absolute atomic E-state index is 6.39. The van der Waals surface area contributed by atoms with E-state index >= 15 is 0 Å². The molecule has 5 heteroatoms. The standard InChI is InChI=1S/C24H20NP2S2/c28-26(21-13-5-1-6-14-21,22-15-7-2-8-16-22)25-27(29,23-17-9-3-10-18-23)24-19-11-4-12-20-24/h1-20H/q-1. The molecule has 0 amide bonds. The first-order valence-electron chi connectivity index (χ1n) is 9.30. The lowest BCUT2D eigenvalue weighted by molar-refractivity contribution is 1.74. The van der Waals surface area contributed by atoms with Crippen molar-refractivity contribution in [2.45, 2.75) is 0 Å². The molecule has 29 heavy (non-hydrogen) atoms. The Morgan fingerprint density at radius 1 is 0.379 bits per heavy atom. The second-order valence-corrected chi connectivity index (χ2v) is 14.8. The Labute approximate surface area is 183 Å². The van der Waals surface area contributed by atoms with Gasteiger partial charge in [0.25, 0.3) is 0 Å². The third-order valence-corrected chi connectivity index (χ3v) is 14.5. The van der Waals surface area contributed by atoms with E-state index in [0.717, 1.165) is 21.2 Å². The molecule has 0 fully saturated rings. The molecule has 0 radical (unpaired) electrons. The highest BCUT2D eigenvalue weighted by Gasteiger charge is 2.21. The monoisotopic (exact) mass is 448 g/mol. The number of hydrogen-bond acceptors (Lipinski definition) is 2. The summed E-state index contributed by atoms with van der Waals surface area (Å²) >= 11 is 12.8. The van der Waals surface area contributed by atoms with Crippen molar-refractivity contribution in [2.24, 2.45) is 0 Å². The lowest BCUT2D eigenvalue weighted by atomic mass is 10.4. The van der Waals surface area contributed by atoms with Crippen LogP contribution in [0.15, 0.2) is 121 Å². The predicted octanol–water partition coefficient (Wildman–Crippen LogP) is 5.45. The predicted molar refractivity (Wildman–Crippen MR) is 136 cm³/mol. The largest absolute Gasteiger partial charge is 0.577 e. The molecule has 0 unspecified atom stereocenters. The summed E-state index contributed by atoms with van der Waals surface area (Å²) in [6.45, 7) is 0. The maximum Gasteiger partial charge on any atom is -0.0287 e. The van der Waals surface area contributed by atoms with Crippen LogP contribution < -0.4 is 21.2 Å². The SMILES string of the molecule is S=P([N-]P(=S)(c1ccccc1)c1ccccc1)(c1ccccc1)c1ccccc1. The van der Waals surface area contributed by atoms with E-state index in [0.29, 0.717) is 0 Å². The average Bonchev–Trinajstić information content (AvgIpc) is 2.81. The zero-order valence-corrected chi connectivity index (χ0v) is 19.1.